The van der Waals surface area contributed by atoms with Crippen molar-refractivity contribution in [1.82, 2.24) is 24.6 Å². The van der Waals surface area contributed by atoms with Gasteiger partial charge in [-0.05, 0) is 13.8 Å². The van der Waals surface area contributed by atoms with Crippen molar-refractivity contribution in [2.75, 3.05) is 6.54 Å². The van der Waals surface area contributed by atoms with Crippen molar-refractivity contribution in [2.45, 2.75) is 51.6 Å². The van der Waals surface area contributed by atoms with Crippen LogP contribution in [0.5, 0.6) is 0 Å². The number of ether oxygens (including phenoxy) is 1. The first-order chi connectivity index (χ1) is 13.1. The highest BCUT2D eigenvalue weighted by Crippen LogP contribution is 2.33. The zero-order valence-corrected chi connectivity index (χ0v) is 15.7. The number of amides is 1. The number of rotatable bonds is 1. The molecule has 0 spiro atoms. The number of aromatic nitrogens is 4. The first kappa shape index (κ1) is 18.9. The van der Waals surface area contributed by atoms with Crippen molar-refractivity contribution in [1.29, 1.82) is 0 Å². The Kier molecular flexibility index (Phi) is 4.40. The van der Waals surface area contributed by atoms with Crippen LogP contribution in [0.1, 0.15) is 58.8 Å². The van der Waals surface area contributed by atoms with Crippen LogP contribution in [0.15, 0.2) is 6.20 Å². The van der Waals surface area contributed by atoms with Crippen LogP contribution in [-0.2, 0) is 37.3 Å². The molecule has 4 heterocycles. The maximum atomic E-state index is 13.1. The van der Waals surface area contributed by atoms with Gasteiger partial charge < -0.3 is 9.64 Å². The molecule has 0 radical (unpaired) electrons. The van der Waals surface area contributed by atoms with Crippen LogP contribution in [0, 0.1) is 0 Å². The number of aryl methyl sites for hydroxylation is 1. The Morgan fingerprint density at radius 3 is 2.79 bits per heavy atom. The maximum absolute atomic E-state index is 13.1. The lowest BCUT2D eigenvalue weighted by molar-refractivity contribution is -0.145. The lowest BCUT2D eigenvalue weighted by atomic mass is 9.98. The Balaban J connectivity index is 1.61. The standard InChI is InChI=1S/C18H20F3N5O2/c1-9-6-12-14(24-25(3)15(12)10(2)28-9)16(27)26-5-4-13-11(8-26)7-22-17(23-13)18(19,20)21/h7,9-10H,4-6,8H2,1-3H3/t9-,10+/m1/s1. The summed E-state index contributed by atoms with van der Waals surface area (Å²) in [5.41, 5.74) is 3.02. The van der Waals surface area contributed by atoms with Crippen LogP contribution >= 0.6 is 0 Å². The molecule has 28 heavy (non-hydrogen) atoms. The summed E-state index contributed by atoms with van der Waals surface area (Å²) in [5, 5.41) is 4.42. The molecule has 2 atom stereocenters. The summed E-state index contributed by atoms with van der Waals surface area (Å²) < 4.78 is 45.9. The second kappa shape index (κ2) is 6.54. The number of carbonyl (C=O) groups is 1. The van der Waals surface area contributed by atoms with Crippen LogP contribution in [0.2, 0.25) is 0 Å². The fourth-order valence-electron chi connectivity index (χ4n) is 3.99. The largest absolute Gasteiger partial charge is 0.451 e. The van der Waals surface area contributed by atoms with E-state index in [2.05, 4.69) is 15.1 Å². The average Bonchev–Trinajstić information content (AvgIpc) is 2.96. The van der Waals surface area contributed by atoms with Gasteiger partial charge in [-0.3, -0.25) is 9.48 Å². The van der Waals surface area contributed by atoms with Gasteiger partial charge in [0.05, 0.1) is 23.6 Å². The minimum atomic E-state index is -4.58. The Hall–Kier alpha value is -2.49. The molecular weight excluding hydrogens is 375 g/mol. The number of fused-ring (bicyclic) bond motifs is 2. The molecule has 0 N–H and O–H groups in total. The average molecular weight is 395 g/mol. The molecule has 1 amide bonds. The molecule has 0 unspecified atom stereocenters. The van der Waals surface area contributed by atoms with E-state index >= 15 is 0 Å². The molecule has 0 aliphatic carbocycles. The topological polar surface area (TPSA) is 73.1 Å². The second-order valence-electron chi connectivity index (χ2n) is 7.27. The predicted molar refractivity (Wildman–Crippen MR) is 91.4 cm³/mol. The van der Waals surface area contributed by atoms with Crippen molar-refractivity contribution in [2.24, 2.45) is 7.05 Å². The molecule has 0 aromatic carbocycles. The summed E-state index contributed by atoms with van der Waals surface area (Å²) in [4.78, 5) is 21.8. The van der Waals surface area contributed by atoms with Gasteiger partial charge in [0.15, 0.2) is 5.69 Å². The third kappa shape index (κ3) is 3.15. The van der Waals surface area contributed by atoms with Gasteiger partial charge >= 0.3 is 6.18 Å². The molecule has 4 rings (SSSR count). The lowest BCUT2D eigenvalue weighted by Crippen LogP contribution is -2.38. The fourth-order valence-corrected chi connectivity index (χ4v) is 3.99. The summed E-state index contributed by atoms with van der Waals surface area (Å²) in [6.45, 7) is 4.33. The van der Waals surface area contributed by atoms with Gasteiger partial charge in [0, 0.05) is 50.3 Å². The first-order valence-electron chi connectivity index (χ1n) is 9.07. The van der Waals surface area contributed by atoms with E-state index < -0.39 is 12.0 Å². The molecule has 2 aromatic rings. The van der Waals surface area contributed by atoms with E-state index in [1.165, 1.54) is 0 Å². The monoisotopic (exact) mass is 395 g/mol. The van der Waals surface area contributed by atoms with Gasteiger partial charge in [0.25, 0.3) is 5.91 Å². The normalized spacial score (nSPS) is 22.0. The number of carbonyl (C=O) groups excluding carboxylic acids is 1. The smallest absolute Gasteiger partial charge is 0.369 e. The van der Waals surface area contributed by atoms with Crippen LogP contribution in [0.25, 0.3) is 0 Å². The summed E-state index contributed by atoms with van der Waals surface area (Å²) >= 11 is 0. The van der Waals surface area contributed by atoms with E-state index in [1.54, 1.807) is 16.6 Å². The summed E-state index contributed by atoms with van der Waals surface area (Å²) in [6.07, 6.45) is -2.75. The Morgan fingerprint density at radius 1 is 1.32 bits per heavy atom. The van der Waals surface area contributed by atoms with E-state index in [0.717, 1.165) is 17.5 Å². The van der Waals surface area contributed by atoms with E-state index in [1.807, 2.05) is 13.8 Å². The molecule has 0 saturated heterocycles. The molecule has 2 aliphatic rings. The van der Waals surface area contributed by atoms with E-state index in [4.69, 9.17) is 4.74 Å². The Labute approximate surface area is 159 Å². The van der Waals surface area contributed by atoms with Gasteiger partial charge in [0.2, 0.25) is 5.82 Å². The van der Waals surface area contributed by atoms with Crippen LogP contribution < -0.4 is 0 Å². The van der Waals surface area contributed by atoms with Gasteiger partial charge in [-0.1, -0.05) is 0 Å². The van der Waals surface area contributed by atoms with E-state index in [0.29, 0.717) is 23.4 Å². The zero-order valence-electron chi connectivity index (χ0n) is 15.7. The minimum Gasteiger partial charge on any atom is -0.369 e. The maximum Gasteiger partial charge on any atom is 0.451 e. The predicted octanol–water partition coefficient (Wildman–Crippen LogP) is 2.45. The third-order valence-corrected chi connectivity index (χ3v) is 5.18. The Bertz CT molecular complexity index is 940. The van der Waals surface area contributed by atoms with Gasteiger partial charge in [0.1, 0.15) is 0 Å². The highest BCUT2D eigenvalue weighted by Gasteiger charge is 2.37. The number of alkyl halides is 3. The highest BCUT2D eigenvalue weighted by molar-refractivity contribution is 5.94. The number of nitrogens with zero attached hydrogens (tertiary/aromatic N) is 5. The van der Waals surface area contributed by atoms with E-state index in [9.17, 15) is 18.0 Å². The molecule has 0 bridgehead atoms. The molecule has 2 aliphatic heterocycles. The molecule has 150 valence electrons. The zero-order chi connectivity index (χ0) is 20.2. The summed E-state index contributed by atoms with van der Waals surface area (Å²) in [7, 11) is 1.78. The fraction of sp³-hybridized carbons (Fsp3) is 0.556. The van der Waals surface area contributed by atoms with Crippen LogP contribution in [-0.4, -0.2) is 43.2 Å². The third-order valence-electron chi connectivity index (χ3n) is 5.18. The second-order valence-corrected chi connectivity index (χ2v) is 7.27. The van der Waals surface area contributed by atoms with Crippen molar-refractivity contribution in [3.05, 3.63) is 40.2 Å². The van der Waals surface area contributed by atoms with Gasteiger partial charge in [-0.15, -0.1) is 0 Å². The van der Waals surface area contributed by atoms with Crippen molar-refractivity contribution < 1.29 is 22.7 Å². The first-order valence-corrected chi connectivity index (χ1v) is 9.07. The quantitative estimate of drug-likeness (QED) is 0.742. The number of halogens is 3. The Morgan fingerprint density at radius 2 is 2.07 bits per heavy atom. The van der Waals surface area contributed by atoms with Crippen molar-refractivity contribution in [3.63, 3.8) is 0 Å². The van der Waals surface area contributed by atoms with E-state index in [-0.39, 0.29) is 37.6 Å². The lowest BCUT2D eigenvalue weighted by Gasteiger charge is -2.29. The molecule has 2 aromatic heterocycles. The molecular formula is C18H20F3N5O2. The van der Waals surface area contributed by atoms with Crippen molar-refractivity contribution >= 4 is 5.91 Å². The summed E-state index contributed by atoms with van der Waals surface area (Å²) in [6, 6.07) is 0. The highest BCUT2D eigenvalue weighted by atomic mass is 19.4. The molecule has 7 nitrogen and oxygen atoms in total. The summed E-state index contributed by atoms with van der Waals surface area (Å²) in [5.74, 6) is -1.38. The van der Waals surface area contributed by atoms with Crippen LogP contribution in [0.3, 0.4) is 0 Å². The van der Waals surface area contributed by atoms with Gasteiger partial charge in [-0.25, -0.2) is 9.97 Å². The SMILES string of the molecule is C[C@@H]1Cc2c(C(=O)N3CCc4nc(C(F)(F)F)ncc4C3)nn(C)c2[C@H](C)O1. The number of hydrogen-bond acceptors (Lipinski definition) is 5. The van der Waals surface area contributed by atoms with Crippen molar-refractivity contribution in [3.8, 4) is 0 Å². The number of hydrogen-bond donors (Lipinski definition) is 0. The molecule has 0 saturated carbocycles. The van der Waals surface area contributed by atoms with Crippen LogP contribution in [0.4, 0.5) is 13.2 Å². The molecule has 0 fully saturated rings. The minimum absolute atomic E-state index is 0.0190. The molecule has 10 heteroatoms. The van der Waals surface area contributed by atoms with Gasteiger partial charge in [-0.2, -0.15) is 18.3 Å².